The molecule has 1 saturated carbocycles. The number of ether oxygens (including phenoxy) is 1. The first-order chi connectivity index (χ1) is 8.70. The highest BCUT2D eigenvalue weighted by Crippen LogP contribution is 2.49. The minimum Gasteiger partial charge on any atom is -0.405 e. The van der Waals surface area contributed by atoms with Crippen molar-refractivity contribution in [3.63, 3.8) is 0 Å². The standard InChI is InChI=1S/C13H15BrF3NO/c1-8(12(2)5-6-12)18-9-3-4-11(10(14)7-9)19-13(15,16)17/h3-4,7-8,18H,5-6H2,1-2H3. The molecule has 1 aliphatic carbocycles. The van der Waals surface area contributed by atoms with Crippen LogP contribution in [0, 0.1) is 5.41 Å². The fraction of sp³-hybridized carbons (Fsp3) is 0.538. The molecule has 0 amide bonds. The zero-order valence-electron chi connectivity index (χ0n) is 10.6. The predicted molar refractivity (Wildman–Crippen MR) is 71.3 cm³/mol. The molecule has 0 aliphatic heterocycles. The van der Waals surface area contributed by atoms with Crippen LogP contribution in [-0.4, -0.2) is 12.4 Å². The highest BCUT2D eigenvalue weighted by atomic mass is 79.9. The normalized spacial score (nSPS) is 18.8. The van der Waals surface area contributed by atoms with E-state index >= 15 is 0 Å². The number of alkyl halides is 3. The van der Waals surface area contributed by atoms with Crippen LogP contribution >= 0.6 is 15.9 Å². The Bertz CT molecular complexity index is 471. The Morgan fingerprint density at radius 2 is 2.00 bits per heavy atom. The van der Waals surface area contributed by atoms with Crippen LogP contribution in [0.2, 0.25) is 0 Å². The third-order valence-electron chi connectivity index (χ3n) is 3.62. The second-order valence-corrected chi connectivity index (χ2v) is 6.07. The summed E-state index contributed by atoms with van der Waals surface area (Å²) in [6.45, 7) is 4.28. The first-order valence-electron chi connectivity index (χ1n) is 6.01. The number of nitrogens with one attached hydrogen (secondary N) is 1. The molecule has 2 nitrogen and oxygen atoms in total. The van der Waals surface area contributed by atoms with E-state index in [-0.39, 0.29) is 16.3 Å². The van der Waals surface area contributed by atoms with Gasteiger partial charge in [-0.3, -0.25) is 0 Å². The maximum Gasteiger partial charge on any atom is 0.573 e. The molecule has 1 N–H and O–H groups in total. The van der Waals surface area contributed by atoms with Gasteiger partial charge in [-0.15, -0.1) is 13.2 Å². The third-order valence-corrected chi connectivity index (χ3v) is 4.24. The van der Waals surface area contributed by atoms with Gasteiger partial charge >= 0.3 is 6.36 Å². The molecule has 19 heavy (non-hydrogen) atoms. The average molecular weight is 338 g/mol. The Kier molecular flexibility index (Phi) is 3.73. The Balaban J connectivity index is 2.06. The van der Waals surface area contributed by atoms with Crippen molar-refractivity contribution in [2.75, 3.05) is 5.32 Å². The molecule has 1 atom stereocenters. The molecule has 0 heterocycles. The van der Waals surface area contributed by atoms with Crippen LogP contribution in [0.4, 0.5) is 18.9 Å². The summed E-state index contributed by atoms with van der Waals surface area (Å²) in [5, 5.41) is 3.31. The lowest BCUT2D eigenvalue weighted by Gasteiger charge is -2.22. The molecule has 0 aromatic heterocycles. The molecule has 106 valence electrons. The summed E-state index contributed by atoms with van der Waals surface area (Å²) in [7, 11) is 0. The summed E-state index contributed by atoms with van der Waals surface area (Å²) in [5.74, 6) is -0.233. The van der Waals surface area contributed by atoms with E-state index in [0.717, 1.165) is 5.69 Å². The molecule has 0 bridgehead atoms. The van der Waals surface area contributed by atoms with E-state index in [1.54, 1.807) is 12.1 Å². The number of anilines is 1. The van der Waals surface area contributed by atoms with Gasteiger partial charge in [0.25, 0.3) is 0 Å². The maximum atomic E-state index is 12.1. The minimum atomic E-state index is -4.67. The van der Waals surface area contributed by atoms with Gasteiger partial charge in [0.1, 0.15) is 5.75 Å². The van der Waals surface area contributed by atoms with E-state index in [2.05, 4.69) is 39.8 Å². The Morgan fingerprint density at radius 1 is 1.37 bits per heavy atom. The first kappa shape index (κ1) is 14.5. The number of rotatable bonds is 4. The molecule has 1 aromatic carbocycles. The van der Waals surface area contributed by atoms with Crippen LogP contribution in [0.1, 0.15) is 26.7 Å². The molecule has 2 rings (SSSR count). The SMILES string of the molecule is CC(Nc1ccc(OC(F)(F)F)c(Br)c1)C1(C)CC1. The highest BCUT2D eigenvalue weighted by Gasteiger charge is 2.42. The lowest BCUT2D eigenvalue weighted by Crippen LogP contribution is -2.24. The quantitative estimate of drug-likeness (QED) is 0.839. The van der Waals surface area contributed by atoms with E-state index in [1.807, 2.05) is 0 Å². The van der Waals surface area contributed by atoms with Crippen molar-refractivity contribution in [3.05, 3.63) is 22.7 Å². The molecular weight excluding hydrogens is 323 g/mol. The first-order valence-corrected chi connectivity index (χ1v) is 6.81. The molecule has 1 unspecified atom stereocenters. The Labute approximate surface area is 118 Å². The Hall–Kier alpha value is -0.910. The lowest BCUT2D eigenvalue weighted by molar-refractivity contribution is -0.274. The van der Waals surface area contributed by atoms with Crippen LogP contribution in [0.3, 0.4) is 0 Å². The van der Waals surface area contributed by atoms with Gasteiger partial charge in [-0.2, -0.15) is 0 Å². The summed E-state index contributed by atoms with van der Waals surface area (Å²) in [6, 6.07) is 4.79. The molecule has 0 saturated heterocycles. The summed E-state index contributed by atoms with van der Waals surface area (Å²) in [6.07, 6.45) is -2.32. The van der Waals surface area contributed by atoms with E-state index in [1.165, 1.54) is 18.9 Å². The molecule has 0 radical (unpaired) electrons. The van der Waals surface area contributed by atoms with Gasteiger partial charge in [0.2, 0.25) is 0 Å². The van der Waals surface area contributed by atoms with Crippen LogP contribution < -0.4 is 10.1 Å². The third kappa shape index (κ3) is 3.78. The van der Waals surface area contributed by atoms with Crippen molar-refractivity contribution in [1.82, 2.24) is 0 Å². The predicted octanol–water partition coefficient (Wildman–Crippen LogP) is 4.95. The fourth-order valence-electron chi connectivity index (χ4n) is 1.85. The summed E-state index contributed by atoms with van der Waals surface area (Å²) < 4.78 is 40.6. The zero-order chi connectivity index (χ0) is 14.3. The van der Waals surface area contributed by atoms with E-state index < -0.39 is 6.36 Å². The molecule has 1 aromatic rings. The van der Waals surface area contributed by atoms with Crippen molar-refractivity contribution < 1.29 is 17.9 Å². The Morgan fingerprint density at radius 3 is 2.47 bits per heavy atom. The van der Waals surface area contributed by atoms with E-state index in [0.29, 0.717) is 5.41 Å². The topological polar surface area (TPSA) is 21.3 Å². The highest BCUT2D eigenvalue weighted by molar-refractivity contribution is 9.10. The summed E-state index contributed by atoms with van der Waals surface area (Å²) in [4.78, 5) is 0. The monoisotopic (exact) mass is 337 g/mol. The van der Waals surface area contributed by atoms with Crippen LogP contribution in [0.25, 0.3) is 0 Å². The van der Waals surface area contributed by atoms with Crippen LogP contribution in [0.15, 0.2) is 22.7 Å². The van der Waals surface area contributed by atoms with Crippen molar-refractivity contribution >= 4 is 21.6 Å². The van der Waals surface area contributed by atoms with Gasteiger partial charge < -0.3 is 10.1 Å². The molecule has 0 spiro atoms. The van der Waals surface area contributed by atoms with Crippen LogP contribution in [-0.2, 0) is 0 Å². The van der Waals surface area contributed by atoms with Crippen molar-refractivity contribution in [1.29, 1.82) is 0 Å². The largest absolute Gasteiger partial charge is 0.573 e. The minimum absolute atomic E-state index is 0.233. The lowest BCUT2D eigenvalue weighted by atomic mass is 10.0. The van der Waals surface area contributed by atoms with Gasteiger partial charge in [0.05, 0.1) is 4.47 Å². The molecule has 1 aliphatic rings. The molecular formula is C13H15BrF3NO. The van der Waals surface area contributed by atoms with Gasteiger partial charge in [-0.05, 0) is 59.3 Å². The average Bonchev–Trinajstić information content (AvgIpc) is 3.00. The second kappa shape index (κ2) is 4.89. The van der Waals surface area contributed by atoms with Gasteiger partial charge in [0.15, 0.2) is 0 Å². The van der Waals surface area contributed by atoms with Gasteiger partial charge in [0, 0.05) is 11.7 Å². The van der Waals surface area contributed by atoms with Crippen molar-refractivity contribution in [2.45, 2.75) is 39.1 Å². The van der Waals surface area contributed by atoms with Crippen LogP contribution in [0.5, 0.6) is 5.75 Å². The fourth-order valence-corrected chi connectivity index (χ4v) is 2.31. The summed E-state index contributed by atoms with van der Waals surface area (Å²) >= 11 is 3.09. The van der Waals surface area contributed by atoms with Crippen molar-refractivity contribution in [2.24, 2.45) is 5.41 Å². The van der Waals surface area contributed by atoms with Gasteiger partial charge in [-0.25, -0.2) is 0 Å². The van der Waals surface area contributed by atoms with E-state index in [4.69, 9.17) is 0 Å². The number of hydrogen-bond donors (Lipinski definition) is 1. The molecule has 6 heteroatoms. The number of benzene rings is 1. The maximum absolute atomic E-state index is 12.1. The number of halogens is 4. The summed E-state index contributed by atoms with van der Waals surface area (Å²) in [5.41, 5.74) is 1.08. The second-order valence-electron chi connectivity index (χ2n) is 5.21. The number of hydrogen-bond acceptors (Lipinski definition) is 2. The van der Waals surface area contributed by atoms with Crippen molar-refractivity contribution in [3.8, 4) is 5.75 Å². The smallest absolute Gasteiger partial charge is 0.405 e. The molecule has 1 fully saturated rings. The van der Waals surface area contributed by atoms with E-state index in [9.17, 15) is 13.2 Å². The van der Waals surface area contributed by atoms with Gasteiger partial charge in [-0.1, -0.05) is 6.92 Å². The zero-order valence-corrected chi connectivity index (χ0v) is 12.2.